The van der Waals surface area contributed by atoms with Crippen LogP contribution in [0.4, 0.5) is 0 Å². The third-order valence-electron chi connectivity index (χ3n) is 1.52. The first-order chi connectivity index (χ1) is 5.76. The van der Waals surface area contributed by atoms with Gasteiger partial charge in [0, 0.05) is 5.33 Å². The topological polar surface area (TPSA) is 0 Å². The summed E-state index contributed by atoms with van der Waals surface area (Å²) in [5, 5.41) is 0.896. The van der Waals surface area contributed by atoms with Gasteiger partial charge in [0.2, 0.25) is 0 Å². The van der Waals surface area contributed by atoms with Crippen LogP contribution in [-0.2, 0) is 24.7 Å². The molecule has 12 heavy (non-hydrogen) atoms. The summed E-state index contributed by atoms with van der Waals surface area (Å²) in [5.74, 6) is 0. The second kappa shape index (κ2) is 8.19. The monoisotopic (exact) mass is 303 g/mol. The van der Waals surface area contributed by atoms with E-state index in [9.17, 15) is 0 Å². The number of alkyl halides is 1. The molecular formula is C10H14BrZr. The Kier molecular flexibility index (Phi) is 8.59. The zero-order valence-electron chi connectivity index (χ0n) is 7.44. The molecule has 0 unspecified atom stereocenters. The fraction of sp³-hybridized carbons (Fsp3) is 0.400. The molecule has 2 heteroatoms. The van der Waals surface area contributed by atoms with E-state index in [2.05, 4.69) is 41.6 Å². The summed E-state index contributed by atoms with van der Waals surface area (Å²) in [6, 6.07) is 0. The number of allylic oxidation sites excluding steroid dienone is 5. The van der Waals surface area contributed by atoms with E-state index < -0.39 is 0 Å². The van der Waals surface area contributed by atoms with Crippen molar-refractivity contribution < 1.29 is 24.7 Å². The van der Waals surface area contributed by atoms with Crippen LogP contribution in [0.3, 0.4) is 0 Å². The average Bonchev–Trinajstić information content (AvgIpc) is 2.51. The summed E-state index contributed by atoms with van der Waals surface area (Å²) in [7, 11) is 0. The van der Waals surface area contributed by atoms with Crippen molar-refractivity contribution in [3.05, 3.63) is 33.7 Å². The van der Waals surface area contributed by atoms with Gasteiger partial charge in [-0.05, 0) is 0 Å². The number of halogens is 1. The molecule has 0 amide bonds. The molecule has 0 nitrogen and oxygen atoms in total. The Balaban J connectivity index is 0.000000261. The van der Waals surface area contributed by atoms with Gasteiger partial charge in [0.1, 0.15) is 0 Å². The van der Waals surface area contributed by atoms with Crippen LogP contribution in [0.2, 0.25) is 0 Å². The maximum atomic E-state index is 3.43. The first kappa shape index (κ1) is 12.6. The van der Waals surface area contributed by atoms with Crippen molar-refractivity contribution in [1.29, 1.82) is 0 Å². The quantitative estimate of drug-likeness (QED) is 0.539. The van der Waals surface area contributed by atoms with Crippen molar-refractivity contribution >= 4 is 15.9 Å². The molecule has 0 spiro atoms. The molecule has 1 rings (SSSR count). The Bertz CT molecular complexity index is 192. The van der Waals surface area contributed by atoms with Crippen LogP contribution in [-0.4, -0.2) is 5.33 Å². The van der Waals surface area contributed by atoms with Crippen LogP contribution in [0.25, 0.3) is 0 Å². The molecule has 0 aromatic carbocycles. The van der Waals surface area contributed by atoms with Crippen molar-refractivity contribution in [2.45, 2.75) is 19.8 Å². The Morgan fingerprint density at radius 3 is 2.50 bits per heavy atom. The SMILES string of the molecule is C=CCBr.CCC1=[C]([Zr])CC=C1. The van der Waals surface area contributed by atoms with Crippen molar-refractivity contribution in [2.75, 3.05) is 5.33 Å². The van der Waals surface area contributed by atoms with Gasteiger partial charge in [0.15, 0.2) is 0 Å². The third-order valence-corrected chi connectivity index (χ3v) is 3.27. The van der Waals surface area contributed by atoms with E-state index >= 15 is 0 Å². The predicted octanol–water partition coefficient (Wildman–Crippen LogP) is 3.72. The van der Waals surface area contributed by atoms with Gasteiger partial charge in [-0.15, -0.1) is 6.58 Å². The zero-order valence-corrected chi connectivity index (χ0v) is 11.5. The molecular weight excluding hydrogens is 291 g/mol. The predicted molar refractivity (Wildman–Crippen MR) is 55.1 cm³/mol. The summed E-state index contributed by atoms with van der Waals surface area (Å²) in [5.41, 5.74) is 1.57. The van der Waals surface area contributed by atoms with Gasteiger partial charge >= 0.3 is 65.5 Å². The standard InChI is InChI=1S/C7H9.C3H5Br.Zr/c1-2-7-5-3-4-6-7;1-2-3-4;/h3,5H,2,4H2,1H3;2H,1,3H2;. The third kappa shape index (κ3) is 5.27. The van der Waals surface area contributed by atoms with Gasteiger partial charge in [0.05, 0.1) is 0 Å². The number of hydrogen-bond acceptors (Lipinski definition) is 0. The summed E-state index contributed by atoms with van der Waals surface area (Å²) in [4.78, 5) is 0. The summed E-state index contributed by atoms with van der Waals surface area (Å²) >= 11 is 4.73. The Labute approximate surface area is 98.8 Å². The average molecular weight is 305 g/mol. The van der Waals surface area contributed by atoms with Gasteiger partial charge in [0.25, 0.3) is 0 Å². The maximum absolute atomic E-state index is 3.43. The summed E-state index contributed by atoms with van der Waals surface area (Å²) in [6.07, 6.45) is 8.74. The van der Waals surface area contributed by atoms with Crippen molar-refractivity contribution in [3.8, 4) is 0 Å². The molecule has 0 bridgehead atoms. The molecule has 0 radical (unpaired) electrons. The van der Waals surface area contributed by atoms with Gasteiger partial charge in [-0.25, -0.2) is 0 Å². The molecule has 0 aromatic rings. The molecule has 0 atom stereocenters. The molecule has 0 heterocycles. The van der Waals surface area contributed by atoms with Crippen LogP contribution in [0.5, 0.6) is 0 Å². The van der Waals surface area contributed by atoms with Gasteiger partial charge < -0.3 is 0 Å². The molecule has 0 saturated heterocycles. The second-order valence-corrected chi connectivity index (χ2v) is 4.54. The molecule has 0 fully saturated rings. The second-order valence-electron chi connectivity index (χ2n) is 2.41. The van der Waals surface area contributed by atoms with E-state index in [-0.39, 0.29) is 0 Å². The zero-order chi connectivity index (χ0) is 9.40. The fourth-order valence-electron chi connectivity index (χ4n) is 0.882. The van der Waals surface area contributed by atoms with E-state index in [1.807, 2.05) is 0 Å². The Morgan fingerprint density at radius 1 is 1.75 bits per heavy atom. The molecule has 0 aromatic heterocycles. The molecule has 0 N–H and O–H groups in total. The van der Waals surface area contributed by atoms with Crippen molar-refractivity contribution in [1.82, 2.24) is 0 Å². The first-order valence-corrected chi connectivity index (χ1v) is 6.38. The van der Waals surface area contributed by atoms with E-state index in [0.29, 0.717) is 0 Å². The molecule has 0 saturated carbocycles. The molecule has 0 aliphatic heterocycles. The van der Waals surface area contributed by atoms with Crippen LogP contribution in [0.1, 0.15) is 19.8 Å². The number of rotatable bonds is 2. The van der Waals surface area contributed by atoms with Gasteiger partial charge in [-0.2, -0.15) is 0 Å². The van der Waals surface area contributed by atoms with Crippen LogP contribution < -0.4 is 0 Å². The van der Waals surface area contributed by atoms with Crippen molar-refractivity contribution in [2.24, 2.45) is 0 Å². The van der Waals surface area contributed by atoms with E-state index in [1.165, 1.54) is 12.8 Å². The normalized spacial score (nSPS) is 14.1. The minimum absolute atomic E-state index is 0.896. The van der Waals surface area contributed by atoms with Gasteiger partial charge in [-0.3, -0.25) is 0 Å². The van der Waals surface area contributed by atoms with E-state index in [0.717, 1.165) is 5.33 Å². The molecule has 1 aliphatic carbocycles. The van der Waals surface area contributed by atoms with Crippen LogP contribution in [0, 0.1) is 0 Å². The van der Waals surface area contributed by atoms with Crippen LogP contribution >= 0.6 is 15.9 Å². The molecule has 1 aliphatic rings. The first-order valence-electron chi connectivity index (χ1n) is 4.03. The Morgan fingerprint density at radius 2 is 2.33 bits per heavy atom. The number of hydrogen-bond donors (Lipinski definition) is 0. The van der Waals surface area contributed by atoms with E-state index in [1.54, 1.807) is 39.6 Å². The van der Waals surface area contributed by atoms with E-state index in [4.69, 9.17) is 0 Å². The van der Waals surface area contributed by atoms with Crippen molar-refractivity contribution in [3.63, 3.8) is 0 Å². The summed E-state index contributed by atoms with van der Waals surface area (Å²) < 4.78 is 1.64. The molecule has 65 valence electrons. The fourth-order valence-corrected chi connectivity index (χ4v) is 1.81. The van der Waals surface area contributed by atoms with Crippen LogP contribution in [0.15, 0.2) is 33.7 Å². The minimum atomic E-state index is 0.896. The Hall–Kier alpha value is 0.583. The summed E-state index contributed by atoms with van der Waals surface area (Å²) in [6.45, 7) is 5.65. The van der Waals surface area contributed by atoms with Gasteiger partial charge in [-0.1, -0.05) is 22.0 Å².